The lowest BCUT2D eigenvalue weighted by atomic mass is 10.1. The molecule has 0 aromatic heterocycles. The molecule has 21 heavy (non-hydrogen) atoms. The summed E-state index contributed by atoms with van der Waals surface area (Å²) in [5.74, 6) is -0.295. The molecular formula is C15H19N3O3. The van der Waals surface area contributed by atoms with Crippen LogP contribution in [-0.2, 0) is 4.74 Å². The number of nitrogens with one attached hydrogen (secondary N) is 1. The maximum absolute atomic E-state index is 12.0. The Morgan fingerprint density at radius 3 is 2.67 bits per heavy atom. The molecule has 0 bridgehead atoms. The van der Waals surface area contributed by atoms with Gasteiger partial charge in [-0.2, -0.15) is 5.10 Å². The molecular weight excluding hydrogens is 270 g/mol. The highest BCUT2D eigenvalue weighted by atomic mass is 16.5. The lowest BCUT2D eigenvalue weighted by Gasteiger charge is -2.15. The van der Waals surface area contributed by atoms with Gasteiger partial charge in [0.1, 0.15) is 6.10 Å². The summed E-state index contributed by atoms with van der Waals surface area (Å²) in [6.45, 7) is 0. The van der Waals surface area contributed by atoms with Crippen molar-refractivity contribution in [2.24, 2.45) is 10.8 Å². The van der Waals surface area contributed by atoms with Gasteiger partial charge in [-0.05, 0) is 44.2 Å². The average molecular weight is 289 g/mol. The second-order valence-electron chi connectivity index (χ2n) is 4.98. The number of esters is 1. The molecule has 1 aliphatic rings. The molecule has 1 fully saturated rings. The summed E-state index contributed by atoms with van der Waals surface area (Å²) in [6, 6.07) is 8.29. The van der Waals surface area contributed by atoms with E-state index in [4.69, 9.17) is 10.5 Å². The summed E-state index contributed by atoms with van der Waals surface area (Å²) in [4.78, 5) is 22.6. The highest BCUT2D eigenvalue weighted by molar-refractivity contribution is 5.89. The lowest BCUT2D eigenvalue weighted by molar-refractivity contribution is 0.0270. The number of nitrogens with two attached hydrogens (primary N) is 1. The highest BCUT2D eigenvalue weighted by Crippen LogP contribution is 2.20. The Labute approximate surface area is 123 Å². The van der Waals surface area contributed by atoms with Gasteiger partial charge >= 0.3 is 12.0 Å². The summed E-state index contributed by atoms with van der Waals surface area (Å²) < 4.78 is 5.53. The summed E-state index contributed by atoms with van der Waals surface area (Å²) in [6.07, 6.45) is 3.73. The average Bonchev–Trinajstić information content (AvgIpc) is 2.71. The summed E-state index contributed by atoms with van der Waals surface area (Å²) in [5, 5.41) is 3.97. The Balaban J connectivity index is 1.87. The van der Waals surface area contributed by atoms with Crippen LogP contribution >= 0.6 is 0 Å². The molecule has 1 saturated carbocycles. The molecule has 1 aliphatic carbocycles. The number of benzene rings is 1. The molecule has 0 spiro atoms. The molecule has 2 rings (SSSR count). The number of amides is 2. The number of primary amides is 1. The van der Waals surface area contributed by atoms with E-state index in [1.165, 1.54) is 0 Å². The summed E-state index contributed by atoms with van der Waals surface area (Å²) in [5.41, 5.74) is 8.67. The number of nitrogens with zero attached hydrogens (tertiary/aromatic N) is 1. The Morgan fingerprint density at radius 2 is 1.95 bits per heavy atom. The molecule has 1 unspecified atom stereocenters. The van der Waals surface area contributed by atoms with Gasteiger partial charge < -0.3 is 10.5 Å². The van der Waals surface area contributed by atoms with Crippen LogP contribution in [0.2, 0.25) is 0 Å². The van der Waals surface area contributed by atoms with Crippen molar-refractivity contribution < 1.29 is 14.3 Å². The molecule has 0 aliphatic heterocycles. The number of hydrogen-bond acceptors (Lipinski definition) is 4. The summed E-state index contributed by atoms with van der Waals surface area (Å²) >= 11 is 0. The predicted molar refractivity (Wildman–Crippen MR) is 78.9 cm³/mol. The number of carbonyl (C=O) groups excluding carboxylic acids is 2. The highest BCUT2D eigenvalue weighted by Gasteiger charge is 2.20. The second kappa shape index (κ2) is 7.42. The van der Waals surface area contributed by atoms with Crippen LogP contribution in [0.1, 0.15) is 42.5 Å². The fraction of sp³-hybridized carbons (Fsp3) is 0.400. The van der Waals surface area contributed by atoms with Gasteiger partial charge in [0.25, 0.3) is 0 Å². The Kier molecular flexibility index (Phi) is 5.31. The van der Waals surface area contributed by atoms with E-state index >= 15 is 0 Å². The van der Waals surface area contributed by atoms with E-state index < -0.39 is 6.03 Å². The normalized spacial score (nSPS) is 20.6. The monoisotopic (exact) mass is 289 g/mol. The van der Waals surface area contributed by atoms with Gasteiger partial charge in [-0.15, -0.1) is 0 Å². The first-order valence-electron chi connectivity index (χ1n) is 7.02. The van der Waals surface area contributed by atoms with Gasteiger partial charge in [0.2, 0.25) is 0 Å². The van der Waals surface area contributed by atoms with Gasteiger partial charge in [-0.3, -0.25) is 0 Å². The van der Waals surface area contributed by atoms with Crippen LogP contribution in [0.5, 0.6) is 0 Å². The molecule has 2 amide bonds. The Hall–Kier alpha value is -2.37. The first-order chi connectivity index (χ1) is 10.1. The zero-order chi connectivity index (χ0) is 15.1. The minimum absolute atomic E-state index is 0.112. The largest absolute Gasteiger partial charge is 0.459 e. The van der Waals surface area contributed by atoms with E-state index in [2.05, 4.69) is 10.5 Å². The van der Waals surface area contributed by atoms with Gasteiger partial charge in [0.05, 0.1) is 5.56 Å². The number of hydrazone groups is 1. The first kappa shape index (κ1) is 15.0. The van der Waals surface area contributed by atoms with Crippen molar-refractivity contribution in [3.63, 3.8) is 0 Å². The fourth-order valence-corrected chi connectivity index (χ4v) is 2.29. The second-order valence-corrected chi connectivity index (χ2v) is 4.98. The van der Waals surface area contributed by atoms with Crippen molar-refractivity contribution in [2.75, 3.05) is 0 Å². The van der Waals surface area contributed by atoms with Crippen LogP contribution in [0, 0.1) is 0 Å². The van der Waals surface area contributed by atoms with E-state index in [0.29, 0.717) is 18.4 Å². The van der Waals surface area contributed by atoms with Crippen LogP contribution in [0.4, 0.5) is 4.79 Å². The van der Waals surface area contributed by atoms with Gasteiger partial charge in [-0.1, -0.05) is 18.2 Å². The molecule has 0 saturated heterocycles. The van der Waals surface area contributed by atoms with Crippen LogP contribution in [0.25, 0.3) is 0 Å². The van der Waals surface area contributed by atoms with Crippen molar-refractivity contribution >= 4 is 17.7 Å². The minimum Gasteiger partial charge on any atom is -0.459 e. The molecule has 1 aromatic carbocycles. The predicted octanol–water partition coefficient (Wildman–Crippen LogP) is 2.20. The first-order valence-corrected chi connectivity index (χ1v) is 7.02. The number of rotatable bonds is 3. The van der Waals surface area contributed by atoms with Crippen LogP contribution in [0.3, 0.4) is 0 Å². The Bertz CT molecular complexity index is 528. The fourth-order valence-electron chi connectivity index (χ4n) is 2.29. The van der Waals surface area contributed by atoms with Crippen LogP contribution in [0.15, 0.2) is 35.4 Å². The van der Waals surface area contributed by atoms with Gasteiger partial charge in [-0.25, -0.2) is 15.0 Å². The maximum Gasteiger partial charge on any atom is 0.338 e. The van der Waals surface area contributed by atoms with Gasteiger partial charge in [0.15, 0.2) is 0 Å². The standard InChI is InChI=1S/C15H19N3O3/c16-15(20)18-17-12-7-4-8-13(10-9-12)21-14(19)11-5-2-1-3-6-11/h1-3,5-6,13H,4,7-10H2,(H3,16,18,20)/b17-12-. The minimum atomic E-state index is -0.668. The van der Waals surface area contributed by atoms with E-state index in [9.17, 15) is 9.59 Å². The van der Waals surface area contributed by atoms with Crippen molar-refractivity contribution in [1.29, 1.82) is 0 Å². The molecule has 1 atom stereocenters. The zero-order valence-corrected chi connectivity index (χ0v) is 11.7. The third-order valence-corrected chi connectivity index (χ3v) is 3.35. The molecule has 0 heterocycles. The third-order valence-electron chi connectivity index (χ3n) is 3.35. The van der Waals surface area contributed by atoms with Crippen LogP contribution in [-0.4, -0.2) is 23.8 Å². The third kappa shape index (κ3) is 4.91. The molecule has 1 aromatic rings. The molecule has 112 valence electrons. The smallest absolute Gasteiger partial charge is 0.338 e. The molecule has 3 N–H and O–H groups in total. The van der Waals surface area contributed by atoms with E-state index in [-0.39, 0.29) is 12.1 Å². The number of carbonyl (C=O) groups is 2. The number of ether oxygens (including phenoxy) is 1. The summed E-state index contributed by atoms with van der Waals surface area (Å²) in [7, 11) is 0. The van der Waals surface area contributed by atoms with Gasteiger partial charge in [0, 0.05) is 5.71 Å². The molecule has 0 radical (unpaired) electrons. The lowest BCUT2D eigenvalue weighted by Crippen LogP contribution is -2.25. The van der Waals surface area contributed by atoms with Crippen LogP contribution < -0.4 is 11.2 Å². The maximum atomic E-state index is 12.0. The zero-order valence-electron chi connectivity index (χ0n) is 11.7. The van der Waals surface area contributed by atoms with Crippen molar-refractivity contribution in [3.8, 4) is 0 Å². The van der Waals surface area contributed by atoms with E-state index in [1.807, 2.05) is 18.2 Å². The van der Waals surface area contributed by atoms with Crippen molar-refractivity contribution in [3.05, 3.63) is 35.9 Å². The van der Waals surface area contributed by atoms with Crippen molar-refractivity contribution in [2.45, 2.75) is 38.2 Å². The van der Waals surface area contributed by atoms with Crippen molar-refractivity contribution in [1.82, 2.24) is 5.43 Å². The van der Waals surface area contributed by atoms with E-state index in [0.717, 1.165) is 25.0 Å². The molecule has 6 heteroatoms. The molecule has 6 nitrogen and oxygen atoms in total. The quantitative estimate of drug-likeness (QED) is 0.507. The van der Waals surface area contributed by atoms with E-state index in [1.54, 1.807) is 12.1 Å². The Morgan fingerprint density at radius 1 is 1.19 bits per heavy atom. The topological polar surface area (TPSA) is 93.8 Å². The number of hydrogen-bond donors (Lipinski definition) is 2. The SMILES string of the molecule is NC(=O)N/N=C1/CCCC(OC(=O)c2ccccc2)CC1. The number of urea groups is 1.